The summed E-state index contributed by atoms with van der Waals surface area (Å²) in [5.41, 5.74) is 1.02. The Morgan fingerprint density at radius 2 is 1.75 bits per heavy atom. The van der Waals surface area contributed by atoms with Crippen molar-refractivity contribution in [1.82, 2.24) is 0 Å². The molecule has 0 bridgehead atoms. The highest BCUT2D eigenvalue weighted by Crippen LogP contribution is 2.29. The van der Waals surface area contributed by atoms with Crippen LogP contribution in [0.2, 0.25) is 0 Å². The van der Waals surface area contributed by atoms with Crippen molar-refractivity contribution < 1.29 is 4.92 Å². The van der Waals surface area contributed by atoms with Crippen molar-refractivity contribution in [1.29, 1.82) is 0 Å². The smallest absolute Gasteiger partial charge is 0.283 e. The average Bonchev–Trinajstić information content (AvgIpc) is 2.26. The van der Waals surface area contributed by atoms with E-state index in [4.69, 9.17) is 0 Å². The van der Waals surface area contributed by atoms with Gasteiger partial charge in [-0.3, -0.25) is 10.1 Å². The molecule has 1 N–H and O–H groups in total. The summed E-state index contributed by atoms with van der Waals surface area (Å²) in [6, 6.07) is 5.49. The second-order valence-corrected chi connectivity index (χ2v) is 6.88. The Morgan fingerprint density at radius 3 is 2.15 bits per heavy atom. The number of anilines is 1. The van der Waals surface area contributed by atoms with Crippen molar-refractivity contribution in [2.24, 2.45) is 11.8 Å². The lowest BCUT2D eigenvalue weighted by atomic mass is 9.95. The lowest BCUT2D eigenvalue weighted by Gasteiger charge is -2.23. The number of rotatable bonds is 7. The fraction of sp³-hybridized carbons (Fsp3) is 0.600. The van der Waals surface area contributed by atoms with Crippen molar-refractivity contribution >= 4 is 27.3 Å². The van der Waals surface area contributed by atoms with Gasteiger partial charge in [-0.1, -0.05) is 27.7 Å². The largest absolute Gasteiger partial charge is 0.382 e. The molecule has 0 aliphatic carbocycles. The van der Waals surface area contributed by atoms with E-state index in [9.17, 15) is 10.1 Å². The molecule has 0 saturated carbocycles. The molecular weight excluding hydrogens is 320 g/mol. The van der Waals surface area contributed by atoms with Gasteiger partial charge in [0.2, 0.25) is 0 Å². The quantitative estimate of drug-likeness (QED) is 0.545. The Balaban J connectivity index is 2.82. The molecule has 1 rings (SSSR count). The average molecular weight is 343 g/mol. The first-order valence-electron chi connectivity index (χ1n) is 7.00. The molecule has 5 heteroatoms. The minimum absolute atomic E-state index is 0.0971. The number of nitro benzene ring substituents is 1. The summed E-state index contributed by atoms with van der Waals surface area (Å²) < 4.78 is 0.514. The molecule has 0 heterocycles. The zero-order valence-corrected chi connectivity index (χ0v) is 14.1. The summed E-state index contributed by atoms with van der Waals surface area (Å²) in [6.07, 6.45) is 2.18. The number of benzene rings is 1. The fourth-order valence-electron chi connectivity index (χ4n) is 2.33. The summed E-state index contributed by atoms with van der Waals surface area (Å²) in [5, 5.41) is 14.3. The third-order valence-electron chi connectivity index (χ3n) is 3.03. The molecule has 1 aromatic carbocycles. The number of hydrogen-bond acceptors (Lipinski definition) is 3. The van der Waals surface area contributed by atoms with Crippen LogP contribution in [0.3, 0.4) is 0 Å². The van der Waals surface area contributed by atoms with Crippen LogP contribution in [-0.2, 0) is 0 Å². The summed E-state index contributed by atoms with van der Waals surface area (Å²) in [5.74, 6) is 1.24. The van der Waals surface area contributed by atoms with Crippen LogP contribution in [0.4, 0.5) is 11.4 Å². The van der Waals surface area contributed by atoms with E-state index >= 15 is 0 Å². The predicted octanol–water partition coefficient (Wildman–Crippen LogP) is 5.23. The van der Waals surface area contributed by atoms with Gasteiger partial charge in [0.05, 0.1) is 9.40 Å². The fourth-order valence-corrected chi connectivity index (χ4v) is 2.86. The van der Waals surface area contributed by atoms with E-state index in [1.165, 1.54) is 6.07 Å². The van der Waals surface area contributed by atoms with Gasteiger partial charge in [-0.2, -0.15) is 0 Å². The molecule has 0 aromatic heterocycles. The second-order valence-electron chi connectivity index (χ2n) is 6.02. The van der Waals surface area contributed by atoms with Gasteiger partial charge in [-0.05, 0) is 52.7 Å². The summed E-state index contributed by atoms with van der Waals surface area (Å²) in [6.45, 7) is 8.84. The molecule has 0 fully saturated rings. The Bertz CT molecular complexity index is 451. The third kappa shape index (κ3) is 5.49. The van der Waals surface area contributed by atoms with Crippen LogP contribution in [0.1, 0.15) is 40.5 Å². The molecular formula is C15H23BrN2O2. The van der Waals surface area contributed by atoms with E-state index in [2.05, 4.69) is 48.9 Å². The topological polar surface area (TPSA) is 55.2 Å². The first kappa shape index (κ1) is 17.0. The van der Waals surface area contributed by atoms with Crippen molar-refractivity contribution in [3.8, 4) is 0 Å². The van der Waals surface area contributed by atoms with Crippen LogP contribution in [-0.4, -0.2) is 11.0 Å². The van der Waals surface area contributed by atoms with E-state index in [0.717, 1.165) is 18.5 Å². The van der Waals surface area contributed by atoms with Gasteiger partial charge in [0.25, 0.3) is 5.69 Å². The Morgan fingerprint density at radius 1 is 1.20 bits per heavy atom. The van der Waals surface area contributed by atoms with Crippen LogP contribution >= 0.6 is 15.9 Å². The zero-order chi connectivity index (χ0) is 15.3. The van der Waals surface area contributed by atoms with Gasteiger partial charge in [0.15, 0.2) is 0 Å². The molecule has 0 saturated heterocycles. The van der Waals surface area contributed by atoms with Crippen LogP contribution in [0.15, 0.2) is 22.7 Å². The number of nitro groups is 1. The van der Waals surface area contributed by atoms with Crippen molar-refractivity contribution in [3.05, 3.63) is 32.8 Å². The van der Waals surface area contributed by atoms with Gasteiger partial charge in [-0.25, -0.2) is 0 Å². The number of nitrogens with one attached hydrogen (secondary N) is 1. The number of hydrogen-bond donors (Lipinski definition) is 1. The molecule has 0 aliphatic rings. The van der Waals surface area contributed by atoms with Crippen molar-refractivity contribution in [2.75, 3.05) is 5.32 Å². The first-order chi connectivity index (χ1) is 9.29. The molecule has 0 atom stereocenters. The molecule has 0 radical (unpaired) electrons. The zero-order valence-electron chi connectivity index (χ0n) is 12.5. The van der Waals surface area contributed by atoms with Crippen molar-refractivity contribution in [3.63, 3.8) is 0 Å². The lowest BCUT2D eigenvalue weighted by molar-refractivity contribution is -0.385. The molecule has 112 valence electrons. The summed E-state index contributed by atoms with van der Waals surface area (Å²) in [7, 11) is 0. The maximum absolute atomic E-state index is 10.8. The first-order valence-corrected chi connectivity index (χ1v) is 7.79. The molecule has 20 heavy (non-hydrogen) atoms. The minimum Gasteiger partial charge on any atom is -0.382 e. The molecule has 4 nitrogen and oxygen atoms in total. The predicted molar refractivity (Wildman–Crippen MR) is 87.1 cm³/mol. The SMILES string of the molecule is CC(C)CC(CC(C)C)Nc1ccc([N+](=O)[O-])c(Br)c1. The minimum atomic E-state index is -0.381. The van der Waals surface area contributed by atoms with Gasteiger partial charge in [0.1, 0.15) is 0 Å². The monoisotopic (exact) mass is 342 g/mol. The normalized spacial score (nSPS) is 11.4. The summed E-state index contributed by atoms with van der Waals surface area (Å²) >= 11 is 3.26. The Labute approximate surface area is 129 Å². The lowest BCUT2D eigenvalue weighted by Crippen LogP contribution is -2.23. The van der Waals surface area contributed by atoms with E-state index in [-0.39, 0.29) is 10.6 Å². The van der Waals surface area contributed by atoms with E-state index < -0.39 is 0 Å². The maximum Gasteiger partial charge on any atom is 0.283 e. The van der Waals surface area contributed by atoms with Gasteiger partial charge in [0, 0.05) is 17.8 Å². The van der Waals surface area contributed by atoms with Gasteiger partial charge in [-0.15, -0.1) is 0 Å². The molecule has 1 aromatic rings. The molecule has 0 unspecified atom stereocenters. The second kappa shape index (κ2) is 7.62. The van der Waals surface area contributed by atoms with E-state index in [0.29, 0.717) is 22.4 Å². The molecule has 0 aliphatic heterocycles. The van der Waals surface area contributed by atoms with Gasteiger partial charge < -0.3 is 5.32 Å². The highest BCUT2D eigenvalue weighted by atomic mass is 79.9. The maximum atomic E-state index is 10.8. The van der Waals surface area contributed by atoms with Crippen LogP contribution in [0, 0.1) is 22.0 Å². The van der Waals surface area contributed by atoms with Crippen LogP contribution in [0.5, 0.6) is 0 Å². The number of nitrogens with zero attached hydrogens (tertiary/aromatic N) is 1. The standard InChI is InChI=1S/C15H23BrN2O2/c1-10(2)7-13(8-11(3)4)17-12-5-6-15(18(19)20)14(16)9-12/h5-6,9-11,13,17H,7-8H2,1-4H3. The Hall–Kier alpha value is -1.10. The highest BCUT2D eigenvalue weighted by Gasteiger charge is 2.15. The van der Waals surface area contributed by atoms with Crippen LogP contribution < -0.4 is 5.32 Å². The number of halogens is 1. The van der Waals surface area contributed by atoms with E-state index in [1.54, 1.807) is 12.1 Å². The molecule has 0 amide bonds. The van der Waals surface area contributed by atoms with Crippen LogP contribution in [0.25, 0.3) is 0 Å². The van der Waals surface area contributed by atoms with Gasteiger partial charge >= 0.3 is 0 Å². The van der Waals surface area contributed by atoms with Crippen molar-refractivity contribution in [2.45, 2.75) is 46.6 Å². The highest BCUT2D eigenvalue weighted by molar-refractivity contribution is 9.10. The summed E-state index contributed by atoms with van der Waals surface area (Å²) in [4.78, 5) is 10.4. The molecule has 0 spiro atoms. The third-order valence-corrected chi connectivity index (χ3v) is 3.66. The Kier molecular flexibility index (Phi) is 6.46. The van der Waals surface area contributed by atoms with E-state index in [1.807, 2.05) is 0 Å².